The standard InChI is InChI=1S/C21H35F2N3O8S/c1-12(2)9-15(26-20(30)34-11-13-3-6-21(22,23)7-4-13)18(28)25-16(19(29)35(31,32)33)10-14-5-8-24-17(14)27/h12-16,19,29H,3-11H2,1-2H3,(H,24,27)(H,25,28)(H,26,30)(H,31,32,33)/t14-,15?,16?,19?/m0/s1. The highest BCUT2D eigenvalue weighted by Crippen LogP contribution is 2.36. The molecule has 35 heavy (non-hydrogen) atoms. The highest BCUT2D eigenvalue weighted by atomic mass is 32.2. The third-order valence-corrected chi connectivity index (χ3v) is 7.22. The molecule has 1 heterocycles. The second kappa shape index (κ2) is 12.3. The number of alkyl carbamates (subject to hydrolysis) is 1. The number of aliphatic hydroxyl groups is 1. The van der Waals surface area contributed by atoms with Gasteiger partial charge in [-0.15, -0.1) is 0 Å². The molecular weight excluding hydrogens is 492 g/mol. The van der Waals surface area contributed by atoms with Crippen molar-refractivity contribution >= 4 is 28.0 Å². The fourth-order valence-corrected chi connectivity index (χ4v) is 4.86. The summed E-state index contributed by atoms with van der Waals surface area (Å²) in [5, 5.41) is 17.4. The number of carbonyl (C=O) groups excluding carboxylic acids is 3. The lowest BCUT2D eigenvalue weighted by Gasteiger charge is -2.29. The van der Waals surface area contributed by atoms with Gasteiger partial charge < -0.3 is 25.8 Å². The second-order valence-corrected chi connectivity index (χ2v) is 11.3. The van der Waals surface area contributed by atoms with Crippen LogP contribution in [0.4, 0.5) is 13.6 Å². The molecule has 11 nitrogen and oxygen atoms in total. The van der Waals surface area contributed by atoms with Crippen molar-refractivity contribution in [2.24, 2.45) is 17.8 Å². The van der Waals surface area contributed by atoms with Gasteiger partial charge >= 0.3 is 6.09 Å². The maximum absolute atomic E-state index is 13.3. The Kier molecular flexibility index (Phi) is 10.2. The average Bonchev–Trinajstić information content (AvgIpc) is 3.14. The third-order valence-electron chi connectivity index (χ3n) is 6.28. The highest BCUT2D eigenvalue weighted by Gasteiger charge is 2.38. The monoisotopic (exact) mass is 527 g/mol. The van der Waals surface area contributed by atoms with Gasteiger partial charge in [0.2, 0.25) is 23.2 Å². The maximum Gasteiger partial charge on any atom is 0.407 e. The minimum atomic E-state index is -4.96. The second-order valence-electron chi connectivity index (χ2n) is 9.76. The minimum Gasteiger partial charge on any atom is -0.449 e. The smallest absolute Gasteiger partial charge is 0.407 e. The van der Waals surface area contributed by atoms with Gasteiger partial charge in [0, 0.05) is 25.3 Å². The Morgan fingerprint density at radius 1 is 1.20 bits per heavy atom. The Bertz CT molecular complexity index is 861. The normalized spacial score (nSPS) is 23.3. The molecule has 1 aliphatic carbocycles. The Labute approximate surface area is 203 Å². The summed E-state index contributed by atoms with van der Waals surface area (Å²) in [7, 11) is -4.96. The van der Waals surface area contributed by atoms with Gasteiger partial charge in [-0.1, -0.05) is 13.8 Å². The van der Waals surface area contributed by atoms with Crippen molar-refractivity contribution in [3.05, 3.63) is 0 Å². The molecule has 2 fully saturated rings. The van der Waals surface area contributed by atoms with E-state index in [4.69, 9.17) is 4.74 Å². The zero-order chi connectivity index (χ0) is 26.4. The number of ether oxygens (including phenoxy) is 1. The van der Waals surface area contributed by atoms with Crippen LogP contribution in [0.3, 0.4) is 0 Å². The van der Waals surface area contributed by atoms with Gasteiger partial charge in [0.25, 0.3) is 10.1 Å². The van der Waals surface area contributed by atoms with Crippen molar-refractivity contribution in [2.45, 2.75) is 82.2 Å². The van der Waals surface area contributed by atoms with Gasteiger partial charge in [-0.05, 0) is 43.9 Å². The Morgan fingerprint density at radius 2 is 1.83 bits per heavy atom. The van der Waals surface area contributed by atoms with E-state index in [1.807, 2.05) is 0 Å². The molecule has 1 aliphatic heterocycles. The largest absolute Gasteiger partial charge is 0.449 e. The predicted molar refractivity (Wildman–Crippen MR) is 120 cm³/mol. The van der Waals surface area contributed by atoms with Crippen molar-refractivity contribution in [1.82, 2.24) is 16.0 Å². The first kappa shape index (κ1) is 29.2. The van der Waals surface area contributed by atoms with E-state index in [9.17, 15) is 41.2 Å². The minimum absolute atomic E-state index is 0.0845. The molecule has 4 atom stereocenters. The van der Waals surface area contributed by atoms with Crippen molar-refractivity contribution in [3.8, 4) is 0 Å². The lowest BCUT2D eigenvalue weighted by molar-refractivity contribution is -0.126. The van der Waals surface area contributed by atoms with Crippen LogP contribution in [-0.4, -0.2) is 72.6 Å². The number of hydrogen-bond acceptors (Lipinski definition) is 7. The van der Waals surface area contributed by atoms with E-state index in [0.29, 0.717) is 13.0 Å². The van der Waals surface area contributed by atoms with Crippen molar-refractivity contribution in [1.29, 1.82) is 0 Å². The lowest BCUT2D eigenvalue weighted by atomic mass is 9.87. The number of nitrogens with one attached hydrogen (secondary N) is 3. The molecule has 2 aliphatic rings. The topological polar surface area (TPSA) is 171 Å². The van der Waals surface area contributed by atoms with Crippen LogP contribution < -0.4 is 16.0 Å². The van der Waals surface area contributed by atoms with Gasteiger partial charge in [0.15, 0.2) is 0 Å². The molecule has 0 aromatic heterocycles. The van der Waals surface area contributed by atoms with E-state index < -0.39 is 51.5 Å². The molecule has 0 spiro atoms. The van der Waals surface area contributed by atoms with Crippen LogP contribution in [-0.2, 0) is 24.4 Å². The Morgan fingerprint density at radius 3 is 2.34 bits per heavy atom. The van der Waals surface area contributed by atoms with Crippen LogP contribution in [0.5, 0.6) is 0 Å². The molecule has 1 saturated heterocycles. The summed E-state index contributed by atoms with van der Waals surface area (Å²) in [5.74, 6) is -4.89. The number of amides is 3. The zero-order valence-electron chi connectivity index (χ0n) is 19.8. The molecule has 1 saturated carbocycles. The summed E-state index contributed by atoms with van der Waals surface area (Å²) in [6.07, 6.45) is -0.838. The first-order valence-electron chi connectivity index (χ1n) is 11.7. The molecule has 2 rings (SSSR count). The van der Waals surface area contributed by atoms with E-state index in [2.05, 4.69) is 16.0 Å². The van der Waals surface area contributed by atoms with Crippen LogP contribution >= 0.6 is 0 Å². The summed E-state index contributed by atoms with van der Waals surface area (Å²) in [4.78, 5) is 37.1. The number of carbonyl (C=O) groups is 3. The molecule has 0 aromatic rings. The number of halogens is 2. The Balaban J connectivity index is 2.01. The molecule has 0 bridgehead atoms. The molecule has 14 heteroatoms. The van der Waals surface area contributed by atoms with Crippen molar-refractivity contribution in [3.63, 3.8) is 0 Å². The van der Waals surface area contributed by atoms with Crippen LogP contribution in [0, 0.1) is 17.8 Å². The Hall–Kier alpha value is -2.06. The van der Waals surface area contributed by atoms with E-state index in [0.717, 1.165) is 0 Å². The molecule has 202 valence electrons. The number of rotatable bonds is 11. The molecule has 3 amide bonds. The van der Waals surface area contributed by atoms with Gasteiger partial charge in [-0.2, -0.15) is 8.42 Å². The van der Waals surface area contributed by atoms with E-state index >= 15 is 0 Å². The van der Waals surface area contributed by atoms with Crippen LogP contribution in [0.15, 0.2) is 0 Å². The third kappa shape index (κ3) is 9.49. The first-order chi connectivity index (χ1) is 16.2. The van der Waals surface area contributed by atoms with Gasteiger partial charge in [-0.3, -0.25) is 14.1 Å². The summed E-state index contributed by atoms with van der Waals surface area (Å²) in [5.41, 5.74) is -2.38. The van der Waals surface area contributed by atoms with E-state index in [1.54, 1.807) is 13.8 Å². The fourth-order valence-electron chi connectivity index (χ4n) is 4.26. The van der Waals surface area contributed by atoms with Crippen LogP contribution in [0.25, 0.3) is 0 Å². The number of aliphatic hydroxyl groups excluding tert-OH is 1. The van der Waals surface area contributed by atoms with Gasteiger partial charge in [0.1, 0.15) is 6.04 Å². The first-order valence-corrected chi connectivity index (χ1v) is 13.2. The van der Waals surface area contributed by atoms with Gasteiger partial charge in [-0.25, -0.2) is 13.6 Å². The molecule has 3 unspecified atom stereocenters. The molecule has 0 radical (unpaired) electrons. The van der Waals surface area contributed by atoms with E-state index in [-0.39, 0.29) is 62.9 Å². The zero-order valence-corrected chi connectivity index (χ0v) is 20.7. The highest BCUT2D eigenvalue weighted by molar-refractivity contribution is 7.86. The lowest BCUT2D eigenvalue weighted by Crippen LogP contribution is -2.55. The quantitative estimate of drug-likeness (QED) is 0.249. The number of hydrogen-bond donors (Lipinski definition) is 5. The summed E-state index contributed by atoms with van der Waals surface area (Å²) in [6, 6.07) is -2.69. The van der Waals surface area contributed by atoms with Crippen LogP contribution in [0.1, 0.15) is 58.8 Å². The SMILES string of the molecule is CC(C)CC(NC(=O)OCC1CCC(F)(F)CC1)C(=O)NC(C[C@@H]1CCNC1=O)C(O)S(=O)(=O)O. The molecule has 0 aromatic carbocycles. The maximum atomic E-state index is 13.3. The van der Waals surface area contributed by atoms with E-state index in [1.165, 1.54) is 0 Å². The molecular formula is C21H35F2N3O8S. The van der Waals surface area contributed by atoms with Crippen molar-refractivity contribution in [2.75, 3.05) is 13.2 Å². The molecule has 5 N–H and O–H groups in total. The summed E-state index contributed by atoms with van der Waals surface area (Å²) in [6.45, 7) is 3.83. The average molecular weight is 528 g/mol. The number of alkyl halides is 2. The predicted octanol–water partition coefficient (Wildman–Crippen LogP) is 1.17. The van der Waals surface area contributed by atoms with Gasteiger partial charge in [0.05, 0.1) is 12.6 Å². The van der Waals surface area contributed by atoms with Crippen molar-refractivity contribution < 1.29 is 46.0 Å². The fraction of sp³-hybridized carbons (Fsp3) is 0.857. The van der Waals surface area contributed by atoms with Crippen LogP contribution in [0.2, 0.25) is 0 Å². The summed E-state index contributed by atoms with van der Waals surface area (Å²) >= 11 is 0. The summed E-state index contributed by atoms with van der Waals surface area (Å²) < 4.78 is 64.1.